The quantitative estimate of drug-likeness (QED) is 0.0169. The lowest BCUT2D eigenvalue weighted by Gasteiger charge is -2.21. The predicted octanol–water partition coefficient (Wildman–Crippen LogP) is 22.5. The van der Waals surface area contributed by atoms with Crippen LogP contribution in [0.5, 0.6) is 0 Å². The number of aliphatic hydroxyl groups excluding tert-OH is 1. The Bertz CT molecular complexity index is 2740. The van der Waals surface area contributed by atoms with Crippen molar-refractivity contribution >= 4 is 39.5 Å². The Morgan fingerprint density at radius 3 is 0.894 bits per heavy atom. The van der Waals surface area contributed by atoms with E-state index in [4.69, 9.17) is 37.0 Å². The topological polar surface area (TPSA) is 237 Å². The molecule has 0 aromatic rings. The van der Waals surface area contributed by atoms with E-state index in [1.54, 1.807) is 12.2 Å². The van der Waals surface area contributed by atoms with Crippen molar-refractivity contribution in [3.8, 4) is 0 Å². The minimum absolute atomic E-state index is 0.0545. The van der Waals surface area contributed by atoms with Gasteiger partial charge in [-0.2, -0.15) is 0 Å². The van der Waals surface area contributed by atoms with Crippen LogP contribution >= 0.6 is 15.6 Å². The molecule has 0 aromatic carbocycles. The summed E-state index contributed by atoms with van der Waals surface area (Å²) >= 11 is 0. The Morgan fingerprint density at radius 1 is 0.288 bits per heavy atom. The maximum atomic E-state index is 13.1. The molecule has 0 aliphatic heterocycles. The third-order valence-corrected chi connectivity index (χ3v) is 17.0. The molecule has 0 saturated heterocycles. The Balaban J connectivity index is 5.56. The van der Waals surface area contributed by atoms with Crippen molar-refractivity contribution in [2.45, 2.75) is 277 Å². The summed E-state index contributed by atoms with van der Waals surface area (Å²) in [6.07, 6.45) is 91.8. The van der Waals surface area contributed by atoms with E-state index in [0.29, 0.717) is 38.5 Å². The molecule has 0 aliphatic carbocycles. The van der Waals surface area contributed by atoms with E-state index in [9.17, 15) is 43.2 Å². The van der Waals surface area contributed by atoms with Gasteiger partial charge in [-0.15, -0.1) is 0 Å². The van der Waals surface area contributed by atoms with Gasteiger partial charge in [-0.1, -0.05) is 273 Å². The van der Waals surface area contributed by atoms with Crippen LogP contribution in [0.2, 0.25) is 0 Å². The summed E-state index contributed by atoms with van der Waals surface area (Å²) in [5.74, 6) is -2.49. The normalized spacial score (nSPS) is 15.0. The number of unbranched alkanes of at least 4 members (excludes halogenated alkanes) is 13. The van der Waals surface area contributed by atoms with Crippen molar-refractivity contribution in [3.05, 3.63) is 194 Å². The number of carbonyl (C=O) groups excluding carboxylic acids is 4. The fourth-order valence-corrected chi connectivity index (χ4v) is 10.9. The Morgan fingerprint density at radius 2 is 0.548 bits per heavy atom. The van der Waals surface area contributed by atoms with Crippen LogP contribution in [0.15, 0.2) is 194 Å². The van der Waals surface area contributed by atoms with Crippen molar-refractivity contribution < 1.29 is 80.2 Å². The highest BCUT2D eigenvalue weighted by atomic mass is 31.2. The fourth-order valence-electron chi connectivity index (χ4n) is 9.30. The zero-order valence-electron chi connectivity index (χ0n) is 63.9. The summed E-state index contributed by atoms with van der Waals surface area (Å²) in [5.41, 5.74) is 0. The van der Waals surface area contributed by atoms with Gasteiger partial charge in [0.25, 0.3) is 0 Å². The molecule has 0 saturated carbocycles. The number of carbonyl (C=O) groups is 4. The van der Waals surface area contributed by atoms with Crippen LogP contribution in [0.25, 0.3) is 0 Å². The van der Waals surface area contributed by atoms with Crippen molar-refractivity contribution in [3.63, 3.8) is 0 Å². The molecule has 104 heavy (non-hydrogen) atoms. The maximum absolute atomic E-state index is 13.1. The third-order valence-electron chi connectivity index (χ3n) is 15.1. The second-order valence-corrected chi connectivity index (χ2v) is 27.7. The van der Waals surface area contributed by atoms with Gasteiger partial charge < -0.3 is 33.8 Å². The van der Waals surface area contributed by atoms with Gasteiger partial charge >= 0.3 is 39.5 Å². The minimum Gasteiger partial charge on any atom is -0.462 e. The highest BCUT2D eigenvalue weighted by molar-refractivity contribution is 7.47. The summed E-state index contributed by atoms with van der Waals surface area (Å²) in [6.45, 7) is 4.23. The lowest BCUT2D eigenvalue weighted by Crippen LogP contribution is -2.30. The smallest absolute Gasteiger partial charge is 0.462 e. The van der Waals surface area contributed by atoms with Gasteiger partial charge in [0.15, 0.2) is 12.2 Å². The van der Waals surface area contributed by atoms with Crippen molar-refractivity contribution in [1.29, 1.82) is 0 Å². The van der Waals surface area contributed by atoms with Crippen molar-refractivity contribution in [2.75, 3.05) is 39.6 Å². The van der Waals surface area contributed by atoms with Gasteiger partial charge in [-0.05, 0) is 154 Å². The van der Waals surface area contributed by atoms with E-state index < -0.39 is 97.5 Å². The zero-order chi connectivity index (χ0) is 76.0. The first-order valence-electron chi connectivity index (χ1n) is 38.7. The van der Waals surface area contributed by atoms with Crippen LogP contribution in [0.1, 0.15) is 259 Å². The number of rotatable bonds is 70. The molecule has 0 bridgehead atoms. The summed E-state index contributed by atoms with van der Waals surface area (Å²) < 4.78 is 68.3. The molecular weight excluding hydrogens is 1350 g/mol. The molecule has 586 valence electrons. The predicted molar refractivity (Wildman–Crippen MR) is 426 cm³/mol. The van der Waals surface area contributed by atoms with Gasteiger partial charge in [0, 0.05) is 19.3 Å². The molecule has 5 atom stereocenters. The fraction of sp³-hybridized carbons (Fsp3) is 0.576. The van der Waals surface area contributed by atoms with E-state index in [1.165, 1.54) is 38.5 Å². The van der Waals surface area contributed by atoms with E-state index in [1.807, 2.05) is 36.5 Å². The van der Waals surface area contributed by atoms with Crippen LogP contribution in [-0.4, -0.2) is 96.7 Å². The van der Waals surface area contributed by atoms with Gasteiger partial charge in [0.05, 0.1) is 32.8 Å². The van der Waals surface area contributed by atoms with Gasteiger partial charge in [-0.25, -0.2) is 9.13 Å². The molecule has 3 N–H and O–H groups in total. The average Bonchev–Trinajstić information content (AvgIpc) is 0.937. The number of ether oxygens (including phenoxy) is 4. The number of hydrogen-bond acceptors (Lipinski definition) is 15. The first-order chi connectivity index (χ1) is 50.7. The average molecular weight is 1490 g/mol. The second-order valence-electron chi connectivity index (χ2n) is 24.8. The number of esters is 4. The molecule has 0 rings (SSSR count). The molecule has 17 nitrogen and oxygen atoms in total. The monoisotopic (exact) mass is 1490 g/mol. The highest BCUT2D eigenvalue weighted by Gasteiger charge is 2.30. The number of phosphoric acid groups is 2. The van der Waals surface area contributed by atoms with Crippen LogP contribution in [0, 0.1) is 0 Å². The SMILES string of the molecule is CC/C=C\C/C=C\C/C=C\C/C=C\C/C=C\CCCC(=O)OCC(COP(=O)(O)OCC(O)COP(=O)(O)OCC(COC(=O)CCC/C=C\C/C=C\C/C=C\C/C=C\C/C=C\CC)OC(=O)CCCCCCC/C=C\CCCCCCCC)OC(=O)C/C=C\C/C=C\C/C=C\C/C=C\C/C=C\CC. The molecule has 0 amide bonds. The molecule has 0 aromatic heterocycles. The number of allylic oxidation sites excluding steroid dienone is 31. The Labute approximate surface area is 627 Å². The summed E-state index contributed by atoms with van der Waals surface area (Å²) in [5, 5.41) is 10.6. The largest absolute Gasteiger partial charge is 0.472 e. The molecule has 0 aliphatic rings. The van der Waals surface area contributed by atoms with E-state index in [-0.39, 0.29) is 25.7 Å². The zero-order valence-corrected chi connectivity index (χ0v) is 65.6. The van der Waals surface area contributed by atoms with Gasteiger partial charge in [0.1, 0.15) is 19.3 Å². The van der Waals surface area contributed by atoms with E-state index >= 15 is 0 Å². The first-order valence-corrected chi connectivity index (χ1v) is 41.7. The summed E-state index contributed by atoms with van der Waals surface area (Å²) in [7, 11) is -10.0. The summed E-state index contributed by atoms with van der Waals surface area (Å²) in [4.78, 5) is 72.9. The first kappa shape index (κ1) is 97.9. The number of hydrogen-bond donors (Lipinski definition) is 3. The molecule has 0 spiro atoms. The van der Waals surface area contributed by atoms with Crippen LogP contribution in [0.4, 0.5) is 0 Å². The maximum Gasteiger partial charge on any atom is 0.472 e. The second kappa shape index (κ2) is 75.1. The van der Waals surface area contributed by atoms with E-state index in [2.05, 4.69) is 174 Å². The summed E-state index contributed by atoms with van der Waals surface area (Å²) in [6, 6.07) is 0. The Kier molecular flexibility index (Phi) is 70.7. The number of aliphatic hydroxyl groups is 1. The molecule has 0 heterocycles. The molecular formula is C85H134O17P2. The lowest BCUT2D eigenvalue weighted by molar-refractivity contribution is -0.161. The Hall–Kier alpha value is -6.10. The van der Waals surface area contributed by atoms with Crippen LogP contribution < -0.4 is 0 Å². The third kappa shape index (κ3) is 74.2. The van der Waals surface area contributed by atoms with E-state index in [0.717, 1.165) is 128 Å². The highest BCUT2D eigenvalue weighted by Crippen LogP contribution is 2.45. The molecule has 5 unspecified atom stereocenters. The number of phosphoric ester groups is 2. The minimum atomic E-state index is -5.03. The molecule has 0 radical (unpaired) electrons. The lowest BCUT2D eigenvalue weighted by atomic mass is 10.1. The van der Waals surface area contributed by atoms with Crippen molar-refractivity contribution in [2.24, 2.45) is 0 Å². The standard InChI is InChI=1S/C85H134O17P2/c1-5-9-13-17-21-25-29-33-37-39-43-45-49-53-57-61-65-69-82(87)95-75-80(101-84(89)71-67-63-59-55-51-47-41-35-31-27-23-19-15-11-7-3)77-99-103(91,92)97-73-79(86)74-98-104(93,94)100-78-81(102-85(90)72-68-64-60-56-52-48-42-36-32-28-24-20-16-12-8-4)76-96-83(88)70-66-62-58-54-50-46-44-40-38-34-30-26-22-18-14-10-6-2/h9-11,13-15,21-23,25-27,33-38,41-46,51,53-55,57-58,63,67,79-81,86H,5-8,12,16-20,24,28-32,39-40,47-50,52,56,59-62,64-66,68-78H2,1-4H3,(H,91,92)(H,93,94)/b13-9-,14-10-,15-11-,25-21-,26-22-,27-23-,37-33-,38-34-,41-35-,42-36-,45-43-,46-44-,55-51-,57-53-,58-54-,67-63-. The van der Waals surface area contributed by atoms with Crippen molar-refractivity contribution in [1.82, 2.24) is 0 Å². The molecule has 0 fully saturated rings. The van der Waals surface area contributed by atoms with Gasteiger partial charge in [-0.3, -0.25) is 37.3 Å². The van der Waals surface area contributed by atoms with Crippen LogP contribution in [0.3, 0.4) is 0 Å². The van der Waals surface area contributed by atoms with Crippen LogP contribution in [-0.2, 0) is 65.4 Å². The van der Waals surface area contributed by atoms with Gasteiger partial charge in [0.2, 0.25) is 0 Å². The molecule has 19 heteroatoms.